The van der Waals surface area contributed by atoms with Gasteiger partial charge in [0, 0.05) is 23.2 Å². The number of carbonyl (C=O) groups is 3. The predicted molar refractivity (Wildman–Crippen MR) is 89.6 cm³/mol. The molecule has 3 rings (SSSR count). The average molecular weight is 358 g/mol. The summed E-state index contributed by atoms with van der Waals surface area (Å²) in [5.41, 5.74) is 1.36. The number of fused-ring (bicyclic) bond motifs is 1. The van der Waals surface area contributed by atoms with Crippen molar-refractivity contribution in [1.29, 1.82) is 0 Å². The van der Waals surface area contributed by atoms with Gasteiger partial charge in [0.25, 0.3) is 11.8 Å². The van der Waals surface area contributed by atoms with Gasteiger partial charge in [0.05, 0.1) is 0 Å². The molecule has 0 spiro atoms. The van der Waals surface area contributed by atoms with Gasteiger partial charge in [-0.15, -0.1) is 0 Å². The summed E-state index contributed by atoms with van der Waals surface area (Å²) in [5.74, 6) is -1.95. The molecule has 1 atom stereocenters. The van der Waals surface area contributed by atoms with Crippen molar-refractivity contribution >= 4 is 23.5 Å². The highest BCUT2D eigenvalue weighted by Crippen LogP contribution is 2.29. The van der Waals surface area contributed by atoms with Gasteiger partial charge in [0.2, 0.25) is 0 Å². The number of hydrogen-bond acceptors (Lipinski definition) is 4. The fourth-order valence-corrected chi connectivity index (χ4v) is 2.55. The van der Waals surface area contributed by atoms with Gasteiger partial charge in [-0.3, -0.25) is 14.4 Å². The standard InChI is InChI=1S/C18H15FN2O5/c19-12-3-6-14-11(7-12)8-15(26-14)18(25)21-13-4-1-10(2-5-13)17(24)20-9-16(22)23/h1-7,15H,8-9H2,(H,20,24)(H,21,25)(H,22,23)/t15-/m0/s1. The Hall–Kier alpha value is -3.42. The lowest BCUT2D eigenvalue weighted by Gasteiger charge is -2.11. The van der Waals surface area contributed by atoms with Crippen molar-refractivity contribution in [1.82, 2.24) is 5.32 Å². The summed E-state index contributed by atoms with van der Waals surface area (Å²) >= 11 is 0. The molecule has 0 bridgehead atoms. The first-order valence-corrected chi connectivity index (χ1v) is 7.78. The van der Waals surface area contributed by atoms with Gasteiger partial charge in [-0.1, -0.05) is 0 Å². The minimum absolute atomic E-state index is 0.268. The van der Waals surface area contributed by atoms with Crippen LogP contribution in [0.3, 0.4) is 0 Å². The Bertz CT molecular complexity index is 866. The van der Waals surface area contributed by atoms with Gasteiger partial charge < -0.3 is 20.5 Å². The molecule has 3 N–H and O–H groups in total. The number of amides is 2. The molecule has 0 aromatic heterocycles. The molecule has 26 heavy (non-hydrogen) atoms. The van der Waals surface area contributed by atoms with E-state index >= 15 is 0 Å². The van der Waals surface area contributed by atoms with Crippen molar-refractivity contribution < 1.29 is 28.6 Å². The highest BCUT2D eigenvalue weighted by Gasteiger charge is 2.29. The number of carboxylic acid groups (broad SMARTS) is 1. The van der Waals surface area contributed by atoms with Crippen LogP contribution in [0, 0.1) is 5.82 Å². The zero-order valence-corrected chi connectivity index (χ0v) is 13.5. The Kier molecular flexibility index (Phi) is 4.83. The van der Waals surface area contributed by atoms with Crippen molar-refractivity contribution in [3.63, 3.8) is 0 Å². The number of nitrogens with one attached hydrogen (secondary N) is 2. The number of carbonyl (C=O) groups excluding carboxylic acids is 2. The average Bonchev–Trinajstić information content (AvgIpc) is 3.03. The smallest absolute Gasteiger partial charge is 0.322 e. The second-order valence-electron chi connectivity index (χ2n) is 5.71. The number of rotatable bonds is 5. The van der Waals surface area contributed by atoms with Gasteiger partial charge in [-0.25, -0.2) is 4.39 Å². The summed E-state index contributed by atoms with van der Waals surface area (Å²) in [6, 6.07) is 10.1. The number of carboxylic acids is 1. The minimum Gasteiger partial charge on any atom is -0.480 e. The maximum Gasteiger partial charge on any atom is 0.322 e. The first-order chi connectivity index (χ1) is 12.4. The summed E-state index contributed by atoms with van der Waals surface area (Å²) in [7, 11) is 0. The molecule has 7 nitrogen and oxygen atoms in total. The minimum atomic E-state index is -1.14. The third-order valence-corrected chi connectivity index (χ3v) is 3.80. The number of benzene rings is 2. The summed E-state index contributed by atoms with van der Waals surface area (Å²) < 4.78 is 18.7. The number of ether oxygens (including phenoxy) is 1. The molecule has 2 amide bonds. The molecule has 0 saturated carbocycles. The van der Waals surface area contributed by atoms with Crippen LogP contribution in [-0.2, 0) is 16.0 Å². The second kappa shape index (κ2) is 7.22. The summed E-state index contributed by atoms with van der Waals surface area (Å²) in [4.78, 5) is 34.5. The molecular weight excluding hydrogens is 343 g/mol. The Morgan fingerprint density at radius 3 is 2.58 bits per heavy atom. The van der Waals surface area contributed by atoms with E-state index in [0.29, 0.717) is 17.0 Å². The zero-order chi connectivity index (χ0) is 18.7. The maximum atomic E-state index is 13.2. The number of anilines is 1. The molecule has 1 heterocycles. The van der Waals surface area contributed by atoms with E-state index in [4.69, 9.17) is 9.84 Å². The van der Waals surface area contributed by atoms with E-state index in [1.165, 1.54) is 42.5 Å². The monoisotopic (exact) mass is 358 g/mol. The Morgan fingerprint density at radius 1 is 1.15 bits per heavy atom. The first-order valence-electron chi connectivity index (χ1n) is 7.78. The normalized spacial score (nSPS) is 14.9. The van der Waals surface area contributed by atoms with Crippen LogP contribution in [0.1, 0.15) is 15.9 Å². The molecular formula is C18H15FN2O5. The van der Waals surface area contributed by atoms with E-state index in [2.05, 4.69) is 10.6 Å². The van der Waals surface area contributed by atoms with Crippen LogP contribution in [0.25, 0.3) is 0 Å². The molecule has 8 heteroatoms. The van der Waals surface area contributed by atoms with Crippen molar-refractivity contribution in [2.45, 2.75) is 12.5 Å². The second-order valence-corrected chi connectivity index (χ2v) is 5.71. The van der Waals surface area contributed by atoms with Crippen LogP contribution in [-0.4, -0.2) is 35.5 Å². The fraction of sp³-hybridized carbons (Fsp3) is 0.167. The number of halogens is 1. The molecule has 0 saturated heterocycles. The molecule has 0 radical (unpaired) electrons. The third kappa shape index (κ3) is 3.97. The van der Waals surface area contributed by atoms with Gasteiger partial charge >= 0.3 is 5.97 Å². The molecule has 134 valence electrons. The van der Waals surface area contributed by atoms with E-state index in [1.807, 2.05) is 0 Å². The molecule has 2 aromatic carbocycles. The largest absolute Gasteiger partial charge is 0.480 e. The lowest BCUT2D eigenvalue weighted by atomic mass is 10.1. The Morgan fingerprint density at radius 2 is 1.88 bits per heavy atom. The van der Waals surface area contributed by atoms with Crippen LogP contribution in [0.5, 0.6) is 5.75 Å². The molecule has 0 fully saturated rings. The maximum absolute atomic E-state index is 13.2. The van der Waals surface area contributed by atoms with Gasteiger partial charge in [-0.05, 0) is 42.5 Å². The van der Waals surface area contributed by atoms with E-state index in [9.17, 15) is 18.8 Å². The molecule has 1 aliphatic rings. The zero-order valence-electron chi connectivity index (χ0n) is 13.5. The van der Waals surface area contributed by atoms with E-state index < -0.39 is 24.5 Å². The van der Waals surface area contributed by atoms with E-state index in [-0.39, 0.29) is 23.7 Å². The van der Waals surface area contributed by atoms with Crippen LogP contribution >= 0.6 is 0 Å². The van der Waals surface area contributed by atoms with Crippen molar-refractivity contribution in [3.05, 3.63) is 59.4 Å². The molecule has 2 aromatic rings. The number of aliphatic carboxylic acids is 1. The molecule has 1 aliphatic heterocycles. The van der Waals surface area contributed by atoms with E-state index in [1.54, 1.807) is 0 Å². The lowest BCUT2D eigenvalue weighted by Crippen LogP contribution is -2.31. The SMILES string of the molecule is O=C(O)CNC(=O)c1ccc(NC(=O)[C@@H]2Cc3cc(F)ccc3O2)cc1. The molecule has 0 unspecified atom stereocenters. The van der Waals surface area contributed by atoms with Gasteiger partial charge in [-0.2, -0.15) is 0 Å². The van der Waals surface area contributed by atoms with Crippen LogP contribution in [0.15, 0.2) is 42.5 Å². The summed E-state index contributed by atoms with van der Waals surface area (Å²) in [6.45, 7) is -0.475. The van der Waals surface area contributed by atoms with Crippen molar-refractivity contribution in [2.24, 2.45) is 0 Å². The van der Waals surface area contributed by atoms with Gasteiger partial charge in [0.15, 0.2) is 6.10 Å². The number of hydrogen-bond donors (Lipinski definition) is 3. The Labute approximate surface area is 147 Å². The summed E-state index contributed by atoms with van der Waals surface area (Å²) in [6.07, 6.45) is -0.487. The van der Waals surface area contributed by atoms with Crippen LogP contribution in [0.4, 0.5) is 10.1 Å². The quantitative estimate of drug-likeness (QED) is 0.753. The van der Waals surface area contributed by atoms with Crippen molar-refractivity contribution in [3.8, 4) is 5.75 Å². The van der Waals surface area contributed by atoms with Crippen molar-refractivity contribution in [2.75, 3.05) is 11.9 Å². The van der Waals surface area contributed by atoms with Crippen LogP contribution in [0.2, 0.25) is 0 Å². The van der Waals surface area contributed by atoms with E-state index in [0.717, 1.165) is 0 Å². The third-order valence-electron chi connectivity index (χ3n) is 3.80. The lowest BCUT2D eigenvalue weighted by molar-refractivity contribution is -0.135. The topological polar surface area (TPSA) is 105 Å². The Balaban J connectivity index is 1.58. The highest BCUT2D eigenvalue weighted by atomic mass is 19.1. The summed E-state index contributed by atoms with van der Waals surface area (Å²) in [5, 5.41) is 13.4. The highest BCUT2D eigenvalue weighted by molar-refractivity contribution is 5.98. The molecule has 0 aliphatic carbocycles. The first kappa shape index (κ1) is 17.4. The van der Waals surface area contributed by atoms with Crippen LogP contribution < -0.4 is 15.4 Å². The predicted octanol–water partition coefficient (Wildman–Crippen LogP) is 1.58. The van der Waals surface area contributed by atoms with Gasteiger partial charge in [0.1, 0.15) is 18.1 Å². The fourth-order valence-electron chi connectivity index (χ4n) is 2.55.